The summed E-state index contributed by atoms with van der Waals surface area (Å²) in [5.41, 5.74) is 1.11. The van der Waals surface area contributed by atoms with Crippen molar-refractivity contribution in [3.8, 4) is 5.75 Å². The lowest BCUT2D eigenvalue weighted by molar-refractivity contribution is -0.137. The zero-order valence-electron chi connectivity index (χ0n) is 18.6. The van der Waals surface area contributed by atoms with Crippen LogP contribution in [0.2, 0.25) is 0 Å². The normalized spacial score (nSPS) is 12.6. The van der Waals surface area contributed by atoms with E-state index in [0.717, 1.165) is 23.3 Å². The van der Waals surface area contributed by atoms with Crippen molar-refractivity contribution in [1.29, 1.82) is 0 Å². The highest BCUT2D eigenvalue weighted by Gasteiger charge is 2.30. The molecule has 0 bridgehead atoms. The summed E-state index contributed by atoms with van der Waals surface area (Å²) < 4.78 is 71.6. The molecule has 3 aromatic carbocycles. The number of carbonyl (C=O) groups excluding carboxylic acids is 1. The Morgan fingerprint density at radius 3 is 2.24 bits per heavy atom. The molecule has 0 aliphatic heterocycles. The maximum absolute atomic E-state index is 12.9. The van der Waals surface area contributed by atoms with Crippen molar-refractivity contribution in [2.75, 3.05) is 10.0 Å². The first kappa shape index (κ1) is 25.1. The molecule has 0 saturated heterocycles. The van der Waals surface area contributed by atoms with Gasteiger partial charge in [-0.15, -0.1) is 0 Å². The zero-order chi connectivity index (χ0) is 25.1. The molecule has 34 heavy (non-hydrogen) atoms. The molecule has 0 unspecified atom stereocenters. The Morgan fingerprint density at radius 1 is 0.941 bits per heavy atom. The van der Waals surface area contributed by atoms with Crippen LogP contribution in [0, 0.1) is 13.8 Å². The van der Waals surface area contributed by atoms with Crippen molar-refractivity contribution in [2.45, 2.75) is 37.9 Å². The van der Waals surface area contributed by atoms with Gasteiger partial charge in [0.2, 0.25) is 0 Å². The van der Waals surface area contributed by atoms with Gasteiger partial charge < -0.3 is 10.1 Å². The third-order valence-electron chi connectivity index (χ3n) is 4.88. The van der Waals surface area contributed by atoms with Crippen LogP contribution in [-0.4, -0.2) is 20.4 Å². The Balaban J connectivity index is 1.66. The first-order valence-corrected chi connectivity index (χ1v) is 11.7. The molecule has 1 amide bonds. The van der Waals surface area contributed by atoms with Gasteiger partial charge >= 0.3 is 6.18 Å². The van der Waals surface area contributed by atoms with Gasteiger partial charge in [0.25, 0.3) is 15.9 Å². The number of hydrogen-bond donors (Lipinski definition) is 2. The highest BCUT2D eigenvalue weighted by atomic mass is 32.2. The third kappa shape index (κ3) is 6.28. The second-order valence-corrected chi connectivity index (χ2v) is 9.41. The average Bonchev–Trinajstić information content (AvgIpc) is 2.75. The lowest BCUT2D eigenvalue weighted by Gasteiger charge is -2.17. The predicted molar refractivity (Wildman–Crippen MR) is 123 cm³/mol. The molecule has 0 radical (unpaired) electrons. The zero-order valence-corrected chi connectivity index (χ0v) is 19.4. The number of benzene rings is 3. The van der Waals surface area contributed by atoms with E-state index in [2.05, 4.69) is 10.0 Å². The number of halogens is 3. The van der Waals surface area contributed by atoms with Gasteiger partial charge in [0.15, 0.2) is 6.10 Å². The number of ether oxygens (including phenoxy) is 1. The molecular formula is C24H23F3N2O4S. The molecule has 180 valence electrons. The van der Waals surface area contributed by atoms with Crippen molar-refractivity contribution >= 4 is 27.3 Å². The van der Waals surface area contributed by atoms with Gasteiger partial charge in [-0.2, -0.15) is 13.2 Å². The molecule has 0 heterocycles. The smallest absolute Gasteiger partial charge is 0.416 e. The maximum atomic E-state index is 12.9. The van der Waals surface area contributed by atoms with Gasteiger partial charge in [-0.25, -0.2) is 8.42 Å². The van der Waals surface area contributed by atoms with E-state index < -0.39 is 33.8 Å². The largest absolute Gasteiger partial charge is 0.481 e. The van der Waals surface area contributed by atoms with E-state index in [9.17, 15) is 26.4 Å². The molecule has 3 rings (SSSR count). The Bertz CT molecular complexity index is 1290. The van der Waals surface area contributed by atoms with Crippen LogP contribution in [0.15, 0.2) is 71.6 Å². The van der Waals surface area contributed by atoms with Crippen LogP contribution in [0.25, 0.3) is 0 Å². The van der Waals surface area contributed by atoms with E-state index >= 15 is 0 Å². The van der Waals surface area contributed by atoms with Crippen molar-refractivity contribution < 1.29 is 31.1 Å². The van der Waals surface area contributed by atoms with Crippen LogP contribution in [-0.2, 0) is 21.0 Å². The van der Waals surface area contributed by atoms with E-state index in [-0.39, 0.29) is 10.6 Å². The van der Waals surface area contributed by atoms with Crippen molar-refractivity contribution in [3.63, 3.8) is 0 Å². The van der Waals surface area contributed by atoms with E-state index in [1.165, 1.54) is 30.3 Å². The van der Waals surface area contributed by atoms with Crippen molar-refractivity contribution in [3.05, 3.63) is 83.4 Å². The summed E-state index contributed by atoms with van der Waals surface area (Å²) >= 11 is 0. The Kier molecular flexibility index (Phi) is 7.21. The summed E-state index contributed by atoms with van der Waals surface area (Å²) in [6.07, 6.45) is -5.41. The monoisotopic (exact) mass is 492 g/mol. The standard InChI is InChI=1S/C24H23F3N2O4S/c1-15-7-12-22(16(2)13-15)33-17(3)23(30)28-19-8-10-21(11-9-19)34(31,32)29-20-6-4-5-18(14-20)24(25,26)27/h4-14,17,29H,1-3H3,(H,28,30)/t17-/m0/s1. The third-order valence-corrected chi connectivity index (χ3v) is 6.27. The highest BCUT2D eigenvalue weighted by Crippen LogP contribution is 2.31. The van der Waals surface area contributed by atoms with Crippen LogP contribution in [0.1, 0.15) is 23.6 Å². The second-order valence-electron chi connectivity index (χ2n) is 7.73. The summed E-state index contributed by atoms with van der Waals surface area (Å²) in [4.78, 5) is 12.3. The molecule has 2 N–H and O–H groups in total. The number of hydrogen-bond acceptors (Lipinski definition) is 4. The van der Waals surface area contributed by atoms with Gasteiger partial charge in [0.05, 0.1) is 10.5 Å². The number of anilines is 2. The molecule has 3 aromatic rings. The van der Waals surface area contributed by atoms with E-state index in [4.69, 9.17) is 4.74 Å². The Morgan fingerprint density at radius 2 is 1.62 bits per heavy atom. The molecule has 10 heteroatoms. The molecule has 0 fully saturated rings. The number of amides is 1. The van der Waals surface area contributed by atoms with Gasteiger partial charge in [-0.1, -0.05) is 23.8 Å². The fraction of sp³-hybridized carbons (Fsp3) is 0.208. The number of carbonyl (C=O) groups is 1. The van der Waals surface area contributed by atoms with Gasteiger partial charge in [0.1, 0.15) is 5.75 Å². The van der Waals surface area contributed by atoms with E-state index in [1.54, 1.807) is 13.0 Å². The van der Waals surface area contributed by atoms with E-state index in [0.29, 0.717) is 17.5 Å². The summed E-state index contributed by atoms with van der Waals surface area (Å²) in [5.74, 6) is 0.146. The van der Waals surface area contributed by atoms with Crippen LogP contribution in [0.5, 0.6) is 5.75 Å². The predicted octanol–water partition coefficient (Wildman–Crippen LogP) is 5.53. The molecular weight excluding hydrogens is 469 g/mol. The summed E-state index contributed by atoms with van der Waals surface area (Å²) in [7, 11) is -4.14. The van der Waals surface area contributed by atoms with Gasteiger partial charge in [-0.3, -0.25) is 9.52 Å². The van der Waals surface area contributed by atoms with Gasteiger partial charge in [-0.05, 0) is 74.9 Å². The van der Waals surface area contributed by atoms with Crippen molar-refractivity contribution in [2.24, 2.45) is 0 Å². The van der Waals surface area contributed by atoms with Crippen LogP contribution >= 0.6 is 0 Å². The fourth-order valence-electron chi connectivity index (χ4n) is 3.11. The number of alkyl halides is 3. The van der Waals surface area contributed by atoms with Crippen LogP contribution < -0.4 is 14.8 Å². The first-order valence-electron chi connectivity index (χ1n) is 10.2. The summed E-state index contributed by atoms with van der Waals surface area (Å²) in [6, 6.07) is 14.7. The minimum Gasteiger partial charge on any atom is -0.481 e. The minimum absolute atomic E-state index is 0.178. The molecule has 0 aliphatic carbocycles. The molecule has 0 spiro atoms. The first-order chi connectivity index (χ1) is 15.8. The Labute approximate surface area is 195 Å². The lowest BCUT2D eigenvalue weighted by atomic mass is 10.1. The number of nitrogens with one attached hydrogen (secondary N) is 2. The number of aryl methyl sites for hydroxylation is 2. The van der Waals surface area contributed by atoms with Crippen LogP contribution in [0.4, 0.5) is 24.5 Å². The maximum Gasteiger partial charge on any atom is 0.416 e. The number of rotatable bonds is 7. The summed E-state index contributed by atoms with van der Waals surface area (Å²) in [5, 5.41) is 2.64. The van der Waals surface area contributed by atoms with E-state index in [1.807, 2.05) is 26.0 Å². The Hall–Kier alpha value is -3.53. The summed E-state index contributed by atoms with van der Waals surface area (Å²) in [6.45, 7) is 5.41. The molecule has 0 aromatic heterocycles. The fourth-order valence-corrected chi connectivity index (χ4v) is 4.16. The van der Waals surface area contributed by atoms with Crippen molar-refractivity contribution in [1.82, 2.24) is 0 Å². The molecule has 0 aliphatic rings. The molecule has 6 nitrogen and oxygen atoms in total. The SMILES string of the molecule is Cc1ccc(O[C@@H](C)C(=O)Nc2ccc(S(=O)(=O)Nc3cccc(C(F)(F)F)c3)cc2)c(C)c1. The molecule has 0 saturated carbocycles. The number of sulfonamides is 1. The quantitative estimate of drug-likeness (QED) is 0.454. The van der Waals surface area contributed by atoms with Gasteiger partial charge in [0, 0.05) is 11.4 Å². The highest BCUT2D eigenvalue weighted by molar-refractivity contribution is 7.92. The topological polar surface area (TPSA) is 84.5 Å². The molecule has 1 atom stereocenters. The van der Waals surface area contributed by atoms with Crippen LogP contribution in [0.3, 0.4) is 0 Å². The average molecular weight is 493 g/mol. The minimum atomic E-state index is -4.60. The lowest BCUT2D eigenvalue weighted by Crippen LogP contribution is -2.30. The second kappa shape index (κ2) is 9.76.